The molecule has 1 amide bonds. The first-order chi connectivity index (χ1) is 14.5. The van der Waals surface area contributed by atoms with Gasteiger partial charge >= 0.3 is 0 Å². The Bertz CT molecular complexity index is 1300. The second-order valence-corrected chi connectivity index (χ2v) is 8.26. The zero-order valence-corrected chi connectivity index (χ0v) is 17.7. The van der Waals surface area contributed by atoms with Crippen LogP contribution in [0.2, 0.25) is 0 Å². The van der Waals surface area contributed by atoms with Crippen LogP contribution in [0.4, 0.5) is 5.69 Å². The topological polar surface area (TPSA) is 73.2 Å². The van der Waals surface area contributed by atoms with Crippen LogP contribution in [-0.2, 0) is 11.8 Å². The Morgan fingerprint density at radius 3 is 2.43 bits per heavy atom. The minimum Gasteiger partial charge on any atom is -0.497 e. The molecule has 6 nitrogen and oxygen atoms in total. The quantitative estimate of drug-likeness (QED) is 0.298. The van der Waals surface area contributed by atoms with Gasteiger partial charge in [-0.25, -0.2) is 4.98 Å². The second-order valence-electron chi connectivity index (χ2n) is 6.95. The van der Waals surface area contributed by atoms with Gasteiger partial charge in [-0.2, -0.15) is 0 Å². The van der Waals surface area contributed by atoms with Crippen molar-refractivity contribution in [1.82, 2.24) is 9.55 Å². The van der Waals surface area contributed by atoms with Crippen molar-refractivity contribution in [2.24, 2.45) is 7.05 Å². The van der Waals surface area contributed by atoms with Gasteiger partial charge in [-0.15, -0.1) is 0 Å². The lowest BCUT2D eigenvalue weighted by atomic mass is 10.1. The highest BCUT2D eigenvalue weighted by Gasteiger charge is 2.19. The maximum atomic E-state index is 12.9. The molecule has 0 spiro atoms. The maximum absolute atomic E-state index is 12.9. The van der Waals surface area contributed by atoms with Crippen molar-refractivity contribution in [2.45, 2.75) is 17.3 Å². The monoisotopic (exact) mass is 419 g/mol. The number of fused-ring (bicyclic) bond motifs is 2. The summed E-state index contributed by atoms with van der Waals surface area (Å²) in [5, 5.41) is 5.52. The van der Waals surface area contributed by atoms with Gasteiger partial charge < -0.3 is 10.1 Å². The van der Waals surface area contributed by atoms with Gasteiger partial charge in [0.05, 0.1) is 23.3 Å². The van der Waals surface area contributed by atoms with Crippen LogP contribution in [0.5, 0.6) is 5.75 Å². The van der Waals surface area contributed by atoms with Crippen LogP contribution in [0.25, 0.3) is 21.7 Å². The first-order valence-corrected chi connectivity index (χ1v) is 10.4. The molecule has 0 unspecified atom stereocenters. The highest BCUT2D eigenvalue weighted by molar-refractivity contribution is 8.00. The normalized spacial score (nSPS) is 12.1. The van der Waals surface area contributed by atoms with Crippen molar-refractivity contribution in [2.75, 3.05) is 12.4 Å². The SMILES string of the molecule is COc1ccc(NC(=O)[C@H](C)Sc2nc3cc4ccccc4cc3c(=O)n2C)cc1. The molecular formula is C23H21N3O3S. The van der Waals surface area contributed by atoms with E-state index in [4.69, 9.17) is 4.74 Å². The van der Waals surface area contributed by atoms with Crippen molar-refractivity contribution < 1.29 is 9.53 Å². The molecule has 3 aromatic carbocycles. The number of hydrogen-bond acceptors (Lipinski definition) is 5. The number of nitrogens with zero attached hydrogens (tertiary/aromatic N) is 2. The molecule has 0 saturated carbocycles. The van der Waals surface area contributed by atoms with E-state index in [2.05, 4.69) is 10.3 Å². The largest absolute Gasteiger partial charge is 0.497 e. The zero-order chi connectivity index (χ0) is 21.3. The third-order valence-electron chi connectivity index (χ3n) is 4.91. The van der Waals surface area contributed by atoms with Gasteiger partial charge in [-0.05, 0) is 54.1 Å². The number of carbonyl (C=O) groups is 1. The molecule has 1 aromatic heterocycles. The average molecular weight is 420 g/mol. The molecule has 0 aliphatic rings. The number of rotatable bonds is 5. The molecule has 0 bridgehead atoms. The van der Waals surface area contributed by atoms with Crippen molar-refractivity contribution in [3.8, 4) is 5.75 Å². The summed E-state index contributed by atoms with van der Waals surface area (Å²) in [4.78, 5) is 30.2. The number of benzene rings is 3. The van der Waals surface area contributed by atoms with Crippen molar-refractivity contribution >= 4 is 45.0 Å². The van der Waals surface area contributed by atoms with Gasteiger partial charge in [0.25, 0.3) is 5.56 Å². The Morgan fingerprint density at radius 1 is 1.10 bits per heavy atom. The average Bonchev–Trinajstić information content (AvgIpc) is 2.76. The van der Waals surface area contributed by atoms with E-state index in [0.29, 0.717) is 21.7 Å². The number of hydrogen-bond donors (Lipinski definition) is 1. The highest BCUT2D eigenvalue weighted by Crippen LogP contribution is 2.25. The maximum Gasteiger partial charge on any atom is 0.261 e. The molecule has 30 heavy (non-hydrogen) atoms. The summed E-state index contributed by atoms with van der Waals surface area (Å²) in [5.41, 5.74) is 1.18. The lowest BCUT2D eigenvalue weighted by molar-refractivity contribution is -0.115. The Hall–Kier alpha value is -3.32. The number of nitrogens with one attached hydrogen (secondary N) is 1. The van der Waals surface area contributed by atoms with Crippen molar-refractivity contribution in [3.05, 3.63) is 71.0 Å². The van der Waals surface area contributed by atoms with E-state index in [1.165, 1.54) is 16.3 Å². The van der Waals surface area contributed by atoms with E-state index in [-0.39, 0.29) is 11.5 Å². The highest BCUT2D eigenvalue weighted by atomic mass is 32.2. The van der Waals surface area contributed by atoms with Crippen LogP contribution in [-0.4, -0.2) is 27.8 Å². The lowest BCUT2D eigenvalue weighted by Crippen LogP contribution is -2.25. The van der Waals surface area contributed by atoms with Crippen LogP contribution in [0.3, 0.4) is 0 Å². The molecule has 0 aliphatic carbocycles. The van der Waals surface area contributed by atoms with Crippen LogP contribution in [0.15, 0.2) is 70.6 Å². The van der Waals surface area contributed by atoms with E-state index in [1.54, 1.807) is 45.3 Å². The molecule has 0 saturated heterocycles. The van der Waals surface area contributed by atoms with E-state index in [9.17, 15) is 9.59 Å². The molecule has 152 valence electrons. The van der Waals surface area contributed by atoms with Crippen molar-refractivity contribution in [3.63, 3.8) is 0 Å². The lowest BCUT2D eigenvalue weighted by Gasteiger charge is -2.14. The Balaban J connectivity index is 1.60. The number of carbonyl (C=O) groups excluding carboxylic acids is 1. The fourth-order valence-corrected chi connectivity index (χ4v) is 4.05. The van der Waals surface area contributed by atoms with E-state index >= 15 is 0 Å². The summed E-state index contributed by atoms with van der Waals surface area (Å²) in [6, 6.07) is 18.8. The summed E-state index contributed by atoms with van der Waals surface area (Å²) in [7, 11) is 3.27. The summed E-state index contributed by atoms with van der Waals surface area (Å²) in [6.07, 6.45) is 0. The predicted molar refractivity (Wildman–Crippen MR) is 121 cm³/mol. The van der Waals surface area contributed by atoms with Gasteiger partial charge in [-0.1, -0.05) is 36.0 Å². The Labute approximate surface area is 177 Å². The molecule has 7 heteroatoms. The van der Waals surface area contributed by atoms with Crippen LogP contribution >= 0.6 is 11.8 Å². The molecule has 0 radical (unpaired) electrons. The first kappa shape index (κ1) is 20.0. The minimum absolute atomic E-state index is 0.129. The third-order valence-corrected chi connectivity index (χ3v) is 6.05. The second kappa shape index (κ2) is 8.20. The summed E-state index contributed by atoms with van der Waals surface area (Å²) in [5.74, 6) is 0.552. The standard InChI is InChI=1S/C23H21N3O3S/c1-14(21(27)24-17-8-10-18(29-3)11-9-17)30-23-25-20-13-16-7-5-4-6-15(16)12-19(20)22(28)26(23)2/h4-14H,1-3H3,(H,24,27)/t14-/m0/s1. The molecule has 4 rings (SSSR count). The summed E-state index contributed by atoms with van der Waals surface area (Å²) >= 11 is 1.25. The van der Waals surface area contributed by atoms with Gasteiger partial charge in [-0.3, -0.25) is 14.2 Å². The zero-order valence-electron chi connectivity index (χ0n) is 16.9. The Kier molecular flexibility index (Phi) is 5.46. The van der Waals surface area contributed by atoms with E-state index in [1.807, 2.05) is 36.4 Å². The van der Waals surface area contributed by atoms with Crippen molar-refractivity contribution in [1.29, 1.82) is 0 Å². The minimum atomic E-state index is -0.442. The number of thioether (sulfide) groups is 1. The number of amides is 1. The van der Waals surface area contributed by atoms with Gasteiger partial charge in [0.2, 0.25) is 5.91 Å². The number of methoxy groups -OCH3 is 1. The number of aromatic nitrogens is 2. The predicted octanol–water partition coefficient (Wildman–Crippen LogP) is 4.21. The summed E-state index contributed by atoms with van der Waals surface area (Å²) in [6.45, 7) is 1.79. The molecule has 1 atom stereocenters. The molecule has 0 fully saturated rings. The molecular weight excluding hydrogens is 398 g/mol. The van der Waals surface area contributed by atoms with Crippen LogP contribution in [0, 0.1) is 0 Å². The molecule has 0 aliphatic heterocycles. The van der Waals surface area contributed by atoms with E-state index < -0.39 is 5.25 Å². The summed E-state index contributed by atoms with van der Waals surface area (Å²) < 4.78 is 6.63. The van der Waals surface area contributed by atoms with Crippen LogP contribution < -0.4 is 15.6 Å². The van der Waals surface area contributed by atoms with Gasteiger partial charge in [0, 0.05) is 12.7 Å². The molecule has 1 heterocycles. The molecule has 1 N–H and O–H groups in total. The number of ether oxygens (including phenoxy) is 1. The van der Waals surface area contributed by atoms with E-state index in [0.717, 1.165) is 16.5 Å². The van der Waals surface area contributed by atoms with Crippen LogP contribution in [0.1, 0.15) is 6.92 Å². The van der Waals surface area contributed by atoms with Gasteiger partial charge in [0.15, 0.2) is 5.16 Å². The fourth-order valence-electron chi connectivity index (χ4n) is 3.17. The first-order valence-electron chi connectivity index (χ1n) is 9.47. The third kappa shape index (κ3) is 3.89. The molecule has 4 aromatic rings. The number of anilines is 1. The fraction of sp³-hybridized carbons (Fsp3) is 0.174. The smallest absolute Gasteiger partial charge is 0.261 e. The Morgan fingerprint density at radius 2 is 1.77 bits per heavy atom. The van der Waals surface area contributed by atoms with Gasteiger partial charge in [0.1, 0.15) is 5.75 Å².